The lowest BCUT2D eigenvalue weighted by Gasteiger charge is -2.21. The summed E-state index contributed by atoms with van der Waals surface area (Å²) in [7, 11) is 0. The van der Waals surface area contributed by atoms with Crippen molar-refractivity contribution < 1.29 is 24.2 Å². The molecule has 0 bridgehead atoms. The van der Waals surface area contributed by atoms with E-state index in [0.29, 0.717) is 6.42 Å². The largest absolute Gasteiger partial charge is 0.478 e. The third-order valence-electron chi connectivity index (χ3n) is 6.58. The van der Waals surface area contributed by atoms with E-state index in [2.05, 4.69) is 0 Å². The Labute approximate surface area is 179 Å². The first-order valence-electron chi connectivity index (χ1n) is 10.2. The van der Waals surface area contributed by atoms with Gasteiger partial charge in [-0.15, -0.1) is 0 Å². The lowest BCUT2D eigenvalue weighted by molar-refractivity contribution is -0.127. The lowest BCUT2D eigenvalue weighted by atomic mass is 9.87. The van der Waals surface area contributed by atoms with Gasteiger partial charge in [-0.2, -0.15) is 0 Å². The third-order valence-corrected chi connectivity index (χ3v) is 6.58. The van der Waals surface area contributed by atoms with Crippen molar-refractivity contribution in [2.45, 2.75) is 23.9 Å². The molecule has 154 valence electrons. The van der Waals surface area contributed by atoms with Crippen LogP contribution in [0, 0.1) is 5.92 Å². The van der Waals surface area contributed by atoms with Gasteiger partial charge in [0, 0.05) is 23.7 Å². The number of ether oxygens (including phenoxy) is 1. The summed E-state index contributed by atoms with van der Waals surface area (Å²) < 4.78 is 5.58. The number of carbonyl (C=O) groups excluding carboxylic acids is 2. The van der Waals surface area contributed by atoms with Crippen molar-refractivity contribution >= 4 is 17.7 Å². The topological polar surface area (TPSA) is 80.7 Å². The van der Waals surface area contributed by atoms with Crippen LogP contribution >= 0.6 is 0 Å². The number of benzene rings is 3. The van der Waals surface area contributed by atoms with Crippen molar-refractivity contribution in [2.24, 2.45) is 5.92 Å². The summed E-state index contributed by atoms with van der Waals surface area (Å²) in [6.45, 7) is 0. The molecule has 5 rings (SSSR count). The Morgan fingerprint density at radius 1 is 0.806 bits per heavy atom. The van der Waals surface area contributed by atoms with Crippen LogP contribution in [0.15, 0.2) is 84.9 Å². The molecule has 5 nitrogen and oxygen atoms in total. The highest BCUT2D eigenvalue weighted by Crippen LogP contribution is 2.72. The molecule has 5 heteroatoms. The molecule has 3 aromatic rings. The van der Waals surface area contributed by atoms with Crippen LogP contribution in [0.4, 0.5) is 0 Å². The van der Waals surface area contributed by atoms with Gasteiger partial charge in [-0.3, -0.25) is 4.79 Å². The fourth-order valence-electron chi connectivity index (χ4n) is 5.24. The zero-order chi connectivity index (χ0) is 21.6. The zero-order valence-corrected chi connectivity index (χ0v) is 16.6. The van der Waals surface area contributed by atoms with Crippen molar-refractivity contribution in [3.8, 4) is 0 Å². The summed E-state index contributed by atoms with van der Waals surface area (Å²) >= 11 is 0. The number of hydrogen-bond acceptors (Lipinski definition) is 4. The minimum absolute atomic E-state index is 0.0447. The monoisotopic (exact) mass is 412 g/mol. The van der Waals surface area contributed by atoms with E-state index >= 15 is 0 Å². The van der Waals surface area contributed by atoms with Gasteiger partial charge in [0.15, 0.2) is 11.9 Å². The van der Waals surface area contributed by atoms with Crippen LogP contribution in [0.3, 0.4) is 0 Å². The normalized spacial score (nSPS) is 26.2. The van der Waals surface area contributed by atoms with Crippen molar-refractivity contribution in [1.82, 2.24) is 0 Å². The lowest BCUT2D eigenvalue weighted by Crippen LogP contribution is -2.28. The van der Waals surface area contributed by atoms with Crippen LogP contribution in [-0.4, -0.2) is 28.9 Å². The van der Waals surface area contributed by atoms with Crippen molar-refractivity contribution in [1.29, 1.82) is 0 Å². The Bertz CT molecular complexity index is 1170. The van der Waals surface area contributed by atoms with Crippen molar-refractivity contribution in [2.75, 3.05) is 0 Å². The summed E-state index contributed by atoms with van der Waals surface area (Å²) in [4.78, 5) is 37.5. The Morgan fingerprint density at radius 3 is 2.03 bits per heavy atom. The molecule has 0 spiro atoms. The summed E-state index contributed by atoms with van der Waals surface area (Å²) in [5.41, 5.74) is 1.58. The number of Topliss-reactive ketones (excluding diaryl/α,β-unsaturated/α-hetero) is 1. The number of fused-ring (bicyclic) bond motifs is 1. The molecule has 0 aromatic heterocycles. The minimum atomic E-state index is -1.21. The Kier molecular flexibility index (Phi) is 4.47. The van der Waals surface area contributed by atoms with Gasteiger partial charge in [0.05, 0.1) is 11.1 Å². The van der Waals surface area contributed by atoms with E-state index in [4.69, 9.17) is 4.74 Å². The minimum Gasteiger partial charge on any atom is -0.478 e. The predicted octanol–water partition coefficient (Wildman–Crippen LogP) is 4.23. The van der Waals surface area contributed by atoms with Gasteiger partial charge in [-0.05, 0) is 23.3 Å². The standard InChI is InChI=1S/C26H20O5/c27-23-20(31-25(30)19-14-8-7-13-18(19)24(28)29)15-26(17-11-5-2-6-12-17)21(22(23)26)16-9-3-1-4-10-16/h1-14,20-22H,15H2,(H,28,29)/t20-,21+,22+,26-/m1/s1. The molecule has 0 unspecified atom stereocenters. The molecule has 0 heterocycles. The zero-order valence-electron chi connectivity index (χ0n) is 16.6. The summed E-state index contributed by atoms with van der Waals surface area (Å²) in [5.74, 6) is -2.30. The molecule has 0 aliphatic heterocycles. The number of hydrogen-bond donors (Lipinski definition) is 1. The summed E-state index contributed by atoms with van der Waals surface area (Å²) in [6.07, 6.45) is -0.499. The first kappa shape index (κ1) is 19.2. The van der Waals surface area contributed by atoms with Gasteiger partial charge >= 0.3 is 11.9 Å². The van der Waals surface area contributed by atoms with Crippen LogP contribution in [-0.2, 0) is 14.9 Å². The van der Waals surface area contributed by atoms with Crippen molar-refractivity contribution in [3.05, 3.63) is 107 Å². The SMILES string of the molecule is O=C(O)c1ccccc1C(=O)O[C@@H]1C[C@]2(c3ccccc3)[C@H](C1=O)[C@@H]2c1ccccc1. The summed E-state index contributed by atoms with van der Waals surface area (Å²) in [5, 5.41) is 9.35. The summed E-state index contributed by atoms with van der Waals surface area (Å²) in [6, 6.07) is 25.7. The quantitative estimate of drug-likeness (QED) is 0.634. The second-order valence-corrected chi connectivity index (χ2v) is 8.12. The van der Waals surface area contributed by atoms with Gasteiger partial charge in [0.1, 0.15) is 0 Å². The molecule has 0 amide bonds. The van der Waals surface area contributed by atoms with E-state index in [1.165, 1.54) is 12.1 Å². The molecule has 1 N–H and O–H groups in total. The maximum absolute atomic E-state index is 13.3. The first-order chi connectivity index (χ1) is 15.0. The molecule has 0 radical (unpaired) electrons. The van der Waals surface area contributed by atoms with Gasteiger partial charge in [-0.25, -0.2) is 9.59 Å². The van der Waals surface area contributed by atoms with E-state index in [0.717, 1.165) is 11.1 Å². The van der Waals surface area contributed by atoms with E-state index in [-0.39, 0.29) is 28.7 Å². The number of carbonyl (C=O) groups is 3. The van der Waals surface area contributed by atoms with Crippen LogP contribution in [0.1, 0.15) is 44.2 Å². The average Bonchev–Trinajstić information content (AvgIpc) is 3.39. The number of carboxylic acids is 1. The van der Waals surface area contributed by atoms with E-state index in [9.17, 15) is 19.5 Å². The van der Waals surface area contributed by atoms with Crippen LogP contribution in [0.2, 0.25) is 0 Å². The highest BCUT2D eigenvalue weighted by molar-refractivity contribution is 6.04. The Balaban J connectivity index is 1.45. The maximum Gasteiger partial charge on any atom is 0.339 e. The molecule has 2 saturated carbocycles. The molecule has 3 aromatic carbocycles. The molecule has 0 saturated heterocycles. The second kappa shape index (κ2) is 7.20. The van der Waals surface area contributed by atoms with Gasteiger partial charge in [0.25, 0.3) is 0 Å². The molecule has 2 aliphatic rings. The number of ketones is 1. The third kappa shape index (κ3) is 2.96. The molecular weight excluding hydrogens is 392 g/mol. The van der Waals surface area contributed by atoms with Crippen LogP contribution < -0.4 is 0 Å². The smallest absolute Gasteiger partial charge is 0.339 e. The molecule has 4 atom stereocenters. The first-order valence-corrected chi connectivity index (χ1v) is 10.2. The highest BCUT2D eigenvalue weighted by Gasteiger charge is 2.75. The van der Waals surface area contributed by atoms with E-state index < -0.39 is 23.5 Å². The molecular formula is C26H20O5. The van der Waals surface area contributed by atoms with Gasteiger partial charge < -0.3 is 9.84 Å². The van der Waals surface area contributed by atoms with E-state index in [1.807, 2.05) is 60.7 Å². The van der Waals surface area contributed by atoms with Crippen molar-refractivity contribution in [3.63, 3.8) is 0 Å². The van der Waals surface area contributed by atoms with Gasteiger partial charge in [0.2, 0.25) is 0 Å². The van der Waals surface area contributed by atoms with Crippen LogP contribution in [0.5, 0.6) is 0 Å². The van der Waals surface area contributed by atoms with Gasteiger partial charge in [-0.1, -0.05) is 72.8 Å². The van der Waals surface area contributed by atoms with Crippen LogP contribution in [0.25, 0.3) is 0 Å². The van der Waals surface area contributed by atoms with E-state index in [1.54, 1.807) is 12.1 Å². The maximum atomic E-state index is 13.3. The fraction of sp³-hybridized carbons (Fsp3) is 0.192. The molecule has 2 fully saturated rings. The highest BCUT2D eigenvalue weighted by atomic mass is 16.5. The Morgan fingerprint density at radius 2 is 1.39 bits per heavy atom. The predicted molar refractivity (Wildman–Crippen MR) is 113 cm³/mol. The number of aromatic carboxylic acids is 1. The number of esters is 1. The molecule has 31 heavy (non-hydrogen) atoms. The fourth-order valence-corrected chi connectivity index (χ4v) is 5.24. The second-order valence-electron chi connectivity index (χ2n) is 8.12. The molecule has 2 aliphatic carbocycles. The number of carboxylic acid groups (broad SMARTS) is 1. The Hall–Kier alpha value is -3.73. The number of rotatable bonds is 5. The average molecular weight is 412 g/mol.